The van der Waals surface area contributed by atoms with E-state index in [0.29, 0.717) is 22.0 Å². The first kappa shape index (κ1) is 19.8. The van der Waals surface area contributed by atoms with Crippen LogP contribution in [0.5, 0.6) is 5.75 Å². The smallest absolute Gasteiger partial charge is 0.130 e. The van der Waals surface area contributed by atoms with Gasteiger partial charge in [0.1, 0.15) is 27.4 Å². The number of phenolic OH excluding ortho intramolecular Hbond substituents is 1. The van der Waals surface area contributed by atoms with Crippen LogP contribution in [-0.4, -0.2) is 25.9 Å². The number of rotatable bonds is 3. The second kappa shape index (κ2) is 7.95. The maximum absolute atomic E-state index is 10.8. The van der Waals surface area contributed by atoms with Gasteiger partial charge in [-0.3, -0.25) is 4.99 Å². The molecule has 1 aliphatic carbocycles. The summed E-state index contributed by atoms with van der Waals surface area (Å²) in [6.45, 7) is 0. The van der Waals surface area contributed by atoms with E-state index in [2.05, 4.69) is 0 Å². The maximum Gasteiger partial charge on any atom is 0.130 e. The lowest BCUT2D eigenvalue weighted by Gasteiger charge is -2.18. The molecule has 6 rings (SSSR count). The fraction of sp³-hybridized carbons (Fsp3) is 0.0385. The highest BCUT2D eigenvalue weighted by Gasteiger charge is 2.27. The third kappa shape index (κ3) is 3.51. The Hall–Kier alpha value is -3.81. The van der Waals surface area contributed by atoms with Crippen LogP contribution in [0.25, 0.3) is 31.0 Å². The monoisotopic (exact) mass is 467 g/mol. The molecule has 5 aromatic rings. The van der Waals surface area contributed by atoms with Crippen LogP contribution in [0.15, 0.2) is 95.7 Å². The zero-order valence-electron chi connectivity index (χ0n) is 17.2. The highest BCUT2D eigenvalue weighted by atomic mass is 32.1. The minimum Gasteiger partial charge on any atom is -0.511 e. The van der Waals surface area contributed by atoms with E-state index >= 15 is 0 Å². The zero-order chi connectivity index (χ0) is 22.4. The number of benzene rings is 3. The van der Waals surface area contributed by atoms with Gasteiger partial charge in [0, 0.05) is 0 Å². The fourth-order valence-corrected chi connectivity index (χ4v) is 6.04. The van der Waals surface area contributed by atoms with Crippen molar-refractivity contribution >= 4 is 54.5 Å². The molecular formula is C26H17N3O2S2. The summed E-state index contributed by atoms with van der Waals surface area (Å²) < 4.78 is 2.10. The van der Waals surface area contributed by atoms with E-state index in [1.165, 1.54) is 11.3 Å². The molecule has 0 aliphatic heterocycles. The minimum absolute atomic E-state index is 0.118. The predicted octanol–water partition coefficient (Wildman–Crippen LogP) is 7.15. The molecule has 160 valence electrons. The van der Waals surface area contributed by atoms with Crippen LogP contribution in [0.4, 0.5) is 5.69 Å². The van der Waals surface area contributed by atoms with Crippen molar-refractivity contribution in [1.82, 2.24) is 9.97 Å². The van der Waals surface area contributed by atoms with Crippen molar-refractivity contribution in [3.63, 3.8) is 0 Å². The first-order chi connectivity index (χ1) is 16.2. The number of thiazole rings is 2. The second-order valence-electron chi connectivity index (χ2n) is 7.60. The van der Waals surface area contributed by atoms with Gasteiger partial charge < -0.3 is 10.2 Å². The fourth-order valence-electron chi connectivity index (χ4n) is 3.92. The highest BCUT2D eigenvalue weighted by Crippen LogP contribution is 2.43. The number of hydrogen-bond acceptors (Lipinski definition) is 7. The van der Waals surface area contributed by atoms with Gasteiger partial charge in [-0.25, -0.2) is 9.97 Å². The Bertz CT molecular complexity index is 1540. The molecule has 1 atom stereocenters. The lowest BCUT2D eigenvalue weighted by atomic mass is 9.96. The van der Waals surface area contributed by atoms with Gasteiger partial charge in [-0.15, -0.1) is 22.7 Å². The van der Waals surface area contributed by atoms with Crippen molar-refractivity contribution in [1.29, 1.82) is 0 Å². The average molecular weight is 468 g/mol. The Morgan fingerprint density at radius 1 is 0.788 bits per heavy atom. The Labute approximate surface area is 197 Å². The third-order valence-corrected chi connectivity index (χ3v) is 7.62. The molecule has 1 aliphatic rings. The van der Waals surface area contributed by atoms with Crippen molar-refractivity contribution < 1.29 is 10.2 Å². The first-order valence-corrected chi connectivity index (χ1v) is 12.0. The molecule has 2 heterocycles. The van der Waals surface area contributed by atoms with E-state index in [9.17, 15) is 10.2 Å². The van der Waals surface area contributed by atoms with Crippen molar-refractivity contribution in [3.8, 4) is 16.3 Å². The largest absolute Gasteiger partial charge is 0.511 e. The van der Waals surface area contributed by atoms with E-state index in [4.69, 9.17) is 15.0 Å². The van der Waals surface area contributed by atoms with Crippen molar-refractivity contribution in [3.05, 3.63) is 95.7 Å². The number of para-hydroxylation sites is 2. The standard InChI is InChI=1S/C26H17N3O2S2/c30-19-11-5-9-17(23(19)25-28-15-7-1-3-13-21(15)32-25)27-18-10-6-12-20(31)24(18)26-29-16-8-2-4-14-22(16)33-26/h1-14,23,30-31H. The molecule has 5 nitrogen and oxygen atoms in total. The van der Waals surface area contributed by atoms with E-state index in [1.54, 1.807) is 35.6 Å². The lowest BCUT2D eigenvalue weighted by molar-refractivity contribution is 0.389. The number of phenols is 1. The molecule has 0 radical (unpaired) electrons. The van der Waals surface area contributed by atoms with Crippen molar-refractivity contribution in [2.45, 2.75) is 5.92 Å². The summed E-state index contributed by atoms with van der Waals surface area (Å²) in [7, 11) is 0. The molecule has 0 amide bonds. The van der Waals surface area contributed by atoms with E-state index in [-0.39, 0.29) is 11.5 Å². The van der Waals surface area contributed by atoms with Gasteiger partial charge in [0.2, 0.25) is 0 Å². The molecule has 3 aromatic carbocycles. The van der Waals surface area contributed by atoms with Gasteiger partial charge in [0.25, 0.3) is 0 Å². The molecule has 33 heavy (non-hydrogen) atoms. The molecule has 1 unspecified atom stereocenters. The minimum atomic E-state index is -0.474. The van der Waals surface area contributed by atoms with Crippen LogP contribution in [0.3, 0.4) is 0 Å². The number of fused-ring (bicyclic) bond motifs is 2. The molecule has 0 fully saturated rings. The second-order valence-corrected chi connectivity index (χ2v) is 9.69. The first-order valence-electron chi connectivity index (χ1n) is 10.4. The Kier molecular flexibility index (Phi) is 4.78. The zero-order valence-corrected chi connectivity index (χ0v) is 18.8. The van der Waals surface area contributed by atoms with Crippen molar-refractivity contribution in [2.24, 2.45) is 4.99 Å². The Morgan fingerprint density at radius 2 is 1.52 bits per heavy atom. The van der Waals surface area contributed by atoms with E-state index < -0.39 is 5.92 Å². The Balaban J connectivity index is 1.50. The summed E-state index contributed by atoms with van der Waals surface area (Å²) in [5, 5.41) is 23.0. The number of aliphatic imine (C=N–C) groups is 1. The summed E-state index contributed by atoms with van der Waals surface area (Å²) in [5.41, 5.74) is 3.60. The van der Waals surface area contributed by atoms with Gasteiger partial charge in [0.05, 0.1) is 37.4 Å². The van der Waals surface area contributed by atoms with E-state index in [0.717, 1.165) is 25.4 Å². The van der Waals surface area contributed by atoms with Crippen LogP contribution >= 0.6 is 22.7 Å². The summed E-state index contributed by atoms with van der Waals surface area (Å²) in [4.78, 5) is 14.4. The van der Waals surface area contributed by atoms with Crippen LogP contribution < -0.4 is 0 Å². The third-order valence-electron chi connectivity index (χ3n) is 5.46. The number of aliphatic hydroxyl groups excluding tert-OH is 1. The van der Waals surface area contributed by atoms with Crippen LogP contribution in [-0.2, 0) is 0 Å². The van der Waals surface area contributed by atoms with Gasteiger partial charge in [-0.1, -0.05) is 36.4 Å². The number of allylic oxidation sites excluding steroid dienone is 4. The van der Waals surface area contributed by atoms with Gasteiger partial charge in [0.15, 0.2) is 0 Å². The number of aliphatic hydroxyl groups is 1. The lowest BCUT2D eigenvalue weighted by Crippen LogP contribution is -2.15. The SMILES string of the molecule is OC1=CC=CC(=Nc2cccc(O)c2-c2nc3ccccc3s2)C1c1nc2ccccc2s1. The topological polar surface area (TPSA) is 78.6 Å². The van der Waals surface area contributed by atoms with Gasteiger partial charge >= 0.3 is 0 Å². The van der Waals surface area contributed by atoms with Crippen LogP contribution in [0.1, 0.15) is 10.9 Å². The van der Waals surface area contributed by atoms with Gasteiger partial charge in [-0.2, -0.15) is 0 Å². The Morgan fingerprint density at radius 3 is 2.27 bits per heavy atom. The predicted molar refractivity (Wildman–Crippen MR) is 136 cm³/mol. The summed E-state index contributed by atoms with van der Waals surface area (Å²) in [5.74, 6) is -0.165. The molecule has 0 spiro atoms. The molecule has 0 saturated carbocycles. The quantitative estimate of drug-likeness (QED) is 0.295. The van der Waals surface area contributed by atoms with Crippen molar-refractivity contribution in [2.75, 3.05) is 0 Å². The molecule has 7 heteroatoms. The highest BCUT2D eigenvalue weighted by molar-refractivity contribution is 7.21. The number of aromatic hydroxyl groups is 1. The van der Waals surface area contributed by atoms with Gasteiger partial charge in [-0.05, 0) is 48.6 Å². The maximum atomic E-state index is 10.8. The molecule has 2 N–H and O–H groups in total. The normalized spacial score (nSPS) is 17.2. The van der Waals surface area contributed by atoms with Crippen LogP contribution in [0.2, 0.25) is 0 Å². The number of nitrogens with zero attached hydrogens (tertiary/aromatic N) is 3. The number of hydrogen-bond donors (Lipinski definition) is 2. The molecule has 2 aromatic heterocycles. The summed E-state index contributed by atoms with van der Waals surface area (Å²) in [6.07, 6.45) is 5.33. The molecular weight excluding hydrogens is 450 g/mol. The summed E-state index contributed by atoms with van der Waals surface area (Å²) >= 11 is 3.05. The average Bonchev–Trinajstić information content (AvgIpc) is 3.43. The van der Waals surface area contributed by atoms with Crippen LogP contribution in [0, 0.1) is 0 Å². The molecule has 0 saturated heterocycles. The number of aromatic nitrogens is 2. The van der Waals surface area contributed by atoms with E-state index in [1.807, 2.05) is 60.7 Å². The molecule has 0 bridgehead atoms. The summed E-state index contributed by atoms with van der Waals surface area (Å²) in [6, 6.07) is 21.1.